The van der Waals surface area contributed by atoms with Crippen molar-refractivity contribution in [2.45, 2.75) is 32.4 Å². The highest BCUT2D eigenvalue weighted by Gasteiger charge is 2.26. The molecule has 0 saturated carbocycles. The van der Waals surface area contributed by atoms with E-state index >= 15 is 0 Å². The van der Waals surface area contributed by atoms with Gasteiger partial charge < -0.3 is 0 Å². The van der Waals surface area contributed by atoms with Crippen LogP contribution in [0.3, 0.4) is 0 Å². The summed E-state index contributed by atoms with van der Waals surface area (Å²) in [4.78, 5) is 2.46. The van der Waals surface area contributed by atoms with Crippen LogP contribution >= 0.6 is 0 Å². The molecule has 1 saturated heterocycles. The standard InChI is InChI=1S/C18H20FN/c1-14-7-9-15(10-8-14)13-20-11-3-6-18(20)16-4-2-5-17(19)12-16/h2,4-5,7-10,12,18H,3,6,11,13H2,1H3/t18-/m1/s1. The number of halogens is 1. The van der Waals surface area contributed by atoms with Crippen molar-refractivity contribution in [1.29, 1.82) is 0 Å². The second-order valence-electron chi connectivity index (χ2n) is 5.67. The van der Waals surface area contributed by atoms with Gasteiger partial charge in [-0.15, -0.1) is 0 Å². The average molecular weight is 269 g/mol. The van der Waals surface area contributed by atoms with Gasteiger partial charge in [-0.3, -0.25) is 4.90 Å². The molecule has 2 heteroatoms. The van der Waals surface area contributed by atoms with Crippen LogP contribution in [-0.2, 0) is 6.54 Å². The minimum atomic E-state index is -0.135. The SMILES string of the molecule is Cc1ccc(CN2CCC[C@@H]2c2cccc(F)c2)cc1. The van der Waals surface area contributed by atoms with Crippen LogP contribution < -0.4 is 0 Å². The molecular formula is C18H20FN. The molecule has 3 rings (SSSR count). The van der Waals surface area contributed by atoms with E-state index in [1.807, 2.05) is 12.1 Å². The van der Waals surface area contributed by atoms with Crippen LogP contribution in [0.15, 0.2) is 48.5 Å². The summed E-state index contributed by atoms with van der Waals surface area (Å²) in [6.45, 7) is 4.14. The molecule has 1 fully saturated rings. The molecule has 20 heavy (non-hydrogen) atoms. The third-order valence-electron chi connectivity index (χ3n) is 4.10. The van der Waals surface area contributed by atoms with Gasteiger partial charge in [0.2, 0.25) is 0 Å². The van der Waals surface area contributed by atoms with Gasteiger partial charge in [-0.05, 0) is 49.6 Å². The number of rotatable bonds is 3. The third kappa shape index (κ3) is 2.91. The number of aryl methyl sites for hydroxylation is 1. The van der Waals surface area contributed by atoms with Crippen LogP contribution in [0.1, 0.15) is 35.6 Å². The fourth-order valence-corrected chi connectivity index (χ4v) is 3.03. The molecule has 0 aromatic heterocycles. The molecule has 0 aliphatic carbocycles. The molecule has 0 radical (unpaired) electrons. The van der Waals surface area contributed by atoms with E-state index in [0.29, 0.717) is 6.04 Å². The number of nitrogens with zero attached hydrogens (tertiary/aromatic N) is 1. The zero-order valence-corrected chi connectivity index (χ0v) is 11.8. The molecule has 1 aliphatic rings. The quantitative estimate of drug-likeness (QED) is 0.794. The Hall–Kier alpha value is -1.67. The second kappa shape index (κ2) is 5.76. The molecular weight excluding hydrogens is 249 g/mol. The maximum atomic E-state index is 13.4. The lowest BCUT2D eigenvalue weighted by molar-refractivity contribution is 0.248. The van der Waals surface area contributed by atoms with Gasteiger partial charge in [-0.1, -0.05) is 42.0 Å². The Balaban J connectivity index is 1.77. The van der Waals surface area contributed by atoms with Gasteiger partial charge in [0.05, 0.1) is 0 Å². The maximum absolute atomic E-state index is 13.4. The van der Waals surface area contributed by atoms with Gasteiger partial charge in [-0.2, -0.15) is 0 Å². The molecule has 0 spiro atoms. The van der Waals surface area contributed by atoms with Crippen LogP contribution in [-0.4, -0.2) is 11.4 Å². The summed E-state index contributed by atoms with van der Waals surface area (Å²) >= 11 is 0. The lowest BCUT2D eigenvalue weighted by Crippen LogP contribution is -2.22. The highest BCUT2D eigenvalue weighted by Crippen LogP contribution is 2.33. The third-order valence-corrected chi connectivity index (χ3v) is 4.10. The van der Waals surface area contributed by atoms with Crippen molar-refractivity contribution < 1.29 is 4.39 Å². The molecule has 1 atom stereocenters. The summed E-state index contributed by atoms with van der Waals surface area (Å²) < 4.78 is 13.4. The predicted molar refractivity (Wildman–Crippen MR) is 80.0 cm³/mol. The summed E-state index contributed by atoms with van der Waals surface area (Å²) in [5.41, 5.74) is 3.73. The lowest BCUT2D eigenvalue weighted by atomic mass is 10.0. The van der Waals surface area contributed by atoms with Gasteiger partial charge >= 0.3 is 0 Å². The first kappa shape index (κ1) is 13.3. The molecule has 1 nitrogen and oxygen atoms in total. The highest BCUT2D eigenvalue weighted by atomic mass is 19.1. The smallest absolute Gasteiger partial charge is 0.123 e. The molecule has 0 amide bonds. The fourth-order valence-electron chi connectivity index (χ4n) is 3.03. The van der Waals surface area contributed by atoms with Gasteiger partial charge in [0.1, 0.15) is 5.82 Å². The number of hydrogen-bond donors (Lipinski definition) is 0. The van der Waals surface area contributed by atoms with Gasteiger partial charge in [0.15, 0.2) is 0 Å². The fraction of sp³-hybridized carbons (Fsp3) is 0.333. The number of hydrogen-bond acceptors (Lipinski definition) is 1. The maximum Gasteiger partial charge on any atom is 0.123 e. The lowest BCUT2D eigenvalue weighted by Gasteiger charge is -2.25. The molecule has 104 valence electrons. The number of likely N-dealkylation sites (tertiary alicyclic amines) is 1. The van der Waals surface area contributed by atoms with E-state index in [1.54, 1.807) is 6.07 Å². The van der Waals surface area contributed by atoms with Crippen LogP contribution in [0, 0.1) is 12.7 Å². The Kier molecular flexibility index (Phi) is 3.83. The first-order chi connectivity index (χ1) is 9.72. The van der Waals surface area contributed by atoms with Gasteiger partial charge in [0.25, 0.3) is 0 Å². The van der Waals surface area contributed by atoms with Gasteiger partial charge in [-0.25, -0.2) is 4.39 Å². The first-order valence-corrected chi connectivity index (χ1v) is 7.27. The van der Waals surface area contributed by atoms with Crippen LogP contribution in [0.2, 0.25) is 0 Å². The second-order valence-corrected chi connectivity index (χ2v) is 5.67. The minimum Gasteiger partial charge on any atom is -0.292 e. The first-order valence-electron chi connectivity index (χ1n) is 7.27. The van der Waals surface area contributed by atoms with Crippen molar-refractivity contribution in [3.8, 4) is 0 Å². The Bertz CT molecular complexity index is 576. The molecule has 1 heterocycles. The topological polar surface area (TPSA) is 3.24 Å². The summed E-state index contributed by atoms with van der Waals surface area (Å²) in [5.74, 6) is -0.135. The summed E-state index contributed by atoms with van der Waals surface area (Å²) in [6.07, 6.45) is 2.31. The zero-order valence-electron chi connectivity index (χ0n) is 11.8. The Labute approximate surface area is 120 Å². The van der Waals surface area contributed by atoms with E-state index in [-0.39, 0.29) is 5.82 Å². The Morgan fingerprint density at radius 3 is 2.70 bits per heavy atom. The average Bonchev–Trinajstić information content (AvgIpc) is 2.89. The van der Waals surface area contributed by atoms with E-state index < -0.39 is 0 Å². The van der Waals surface area contributed by atoms with E-state index in [1.165, 1.54) is 23.6 Å². The van der Waals surface area contributed by atoms with E-state index in [4.69, 9.17) is 0 Å². The van der Waals surface area contributed by atoms with E-state index in [9.17, 15) is 4.39 Å². The predicted octanol–water partition coefficient (Wildman–Crippen LogP) is 4.47. The monoisotopic (exact) mass is 269 g/mol. The van der Waals surface area contributed by atoms with Crippen molar-refractivity contribution in [2.24, 2.45) is 0 Å². The summed E-state index contributed by atoms with van der Waals surface area (Å²) in [7, 11) is 0. The van der Waals surface area contributed by atoms with Gasteiger partial charge in [0, 0.05) is 12.6 Å². The van der Waals surface area contributed by atoms with E-state index in [2.05, 4.69) is 36.1 Å². The van der Waals surface area contributed by atoms with Crippen LogP contribution in [0.25, 0.3) is 0 Å². The molecule has 0 bridgehead atoms. The molecule has 1 aliphatic heterocycles. The molecule has 0 unspecified atom stereocenters. The van der Waals surface area contributed by atoms with Crippen LogP contribution in [0.5, 0.6) is 0 Å². The van der Waals surface area contributed by atoms with Crippen molar-refractivity contribution in [1.82, 2.24) is 4.90 Å². The molecule has 0 N–H and O–H groups in total. The molecule has 2 aromatic rings. The minimum absolute atomic E-state index is 0.135. The zero-order chi connectivity index (χ0) is 13.9. The summed E-state index contributed by atoms with van der Waals surface area (Å²) in [5, 5.41) is 0. The van der Waals surface area contributed by atoms with Crippen molar-refractivity contribution in [3.05, 3.63) is 71.0 Å². The van der Waals surface area contributed by atoms with Crippen LogP contribution in [0.4, 0.5) is 4.39 Å². The van der Waals surface area contributed by atoms with E-state index in [0.717, 1.165) is 25.1 Å². The number of benzene rings is 2. The largest absolute Gasteiger partial charge is 0.292 e. The Morgan fingerprint density at radius 1 is 1.15 bits per heavy atom. The highest BCUT2D eigenvalue weighted by molar-refractivity contribution is 5.24. The normalized spacial score (nSPS) is 19.4. The van der Waals surface area contributed by atoms with Crippen molar-refractivity contribution in [3.63, 3.8) is 0 Å². The molecule has 2 aromatic carbocycles. The summed E-state index contributed by atoms with van der Waals surface area (Å²) in [6, 6.07) is 16.1. The van der Waals surface area contributed by atoms with Crippen molar-refractivity contribution >= 4 is 0 Å². The van der Waals surface area contributed by atoms with Crippen molar-refractivity contribution in [2.75, 3.05) is 6.54 Å². The Morgan fingerprint density at radius 2 is 1.95 bits per heavy atom.